The lowest BCUT2D eigenvalue weighted by atomic mass is 9.91. The first-order valence-electron chi connectivity index (χ1n) is 5.56. The van der Waals surface area contributed by atoms with Crippen LogP contribution < -0.4 is 0 Å². The van der Waals surface area contributed by atoms with Gasteiger partial charge in [0.2, 0.25) is 0 Å². The maximum absolute atomic E-state index is 11.9. The highest BCUT2D eigenvalue weighted by atomic mass is 35.5. The van der Waals surface area contributed by atoms with Gasteiger partial charge in [0.25, 0.3) is 0 Å². The van der Waals surface area contributed by atoms with Gasteiger partial charge < -0.3 is 0 Å². The van der Waals surface area contributed by atoms with Crippen LogP contribution in [0.3, 0.4) is 0 Å². The average molecular weight is 223 g/mol. The van der Waals surface area contributed by atoms with Gasteiger partial charge in [-0.05, 0) is 24.5 Å². The van der Waals surface area contributed by atoms with Crippen molar-refractivity contribution in [1.82, 2.24) is 0 Å². The van der Waals surface area contributed by atoms with Gasteiger partial charge in [0, 0.05) is 17.4 Å². The van der Waals surface area contributed by atoms with E-state index in [1.807, 2.05) is 24.3 Å². The quantitative estimate of drug-likeness (QED) is 0.658. The van der Waals surface area contributed by atoms with Gasteiger partial charge in [0.1, 0.15) is 5.78 Å². The molecule has 0 heterocycles. The van der Waals surface area contributed by atoms with E-state index in [0.29, 0.717) is 5.78 Å². The molecule has 0 N–H and O–H groups in total. The molecule has 1 fully saturated rings. The van der Waals surface area contributed by atoms with Gasteiger partial charge in [-0.1, -0.05) is 42.6 Å². The van der Waals surface area contributed by atoms with Crippen molar-refractivity contribution in [2.45, 2.75) is 38.0 Å². The molecule has 0 unspecified atom stereocenters. The summed E-state index contributed by atoms with van der Waals surface area (Å²) < 4.78 is 0. The Morgan fingerprint density at radius 1 is 1.13 bits per heavy atom. The fraction of sp³-hybridized carbons (Fsp3) is 0.462. The van der Waals surface area contributed by atoms with Crippen LogP contribution in [0.25, 0.3) is 0 Å². The summed E-state index contributed by atoms with van der Waals surface area (Å²) in [5.74, 6) is 0.404. The molecule has 0 aliphatic heterocycles. The molecule has 1 aromatic carbocycles. The minimum Gasteiger partial charge on any atom is -0.299 e. The summed E-state index contributed by atoms with van der Waals surface area (Å²) in [6, 6.07) is 7.72. The summed E-state index contributed by atoms with van der Waals surface area (Å²) in [7, 11) is 0. The fourth-order valence-electron chi connectivity index (χ4n) is 2.25. The first kappa shape index (κ1) is 10.7. The summed E-state index contributed by atoms with van der Waals surface area (Å²) in [6.45, 7) is 0. The molecule has 2 heteroatoms. The van der Waals surface area contributed by atoms with Crippen molar-refractivity contribution >= 4 is 17.4 Å². The highest BCUT2D eigenvalue weighted by Crippen LogP contribution is 2.32. The maximum atomic E-state index is 11.9. The summed E-state index contributed by atoms with van der Waals surface area (Å²) >= 11 is 6.12. The van der Waals surface area contributed by atoms with Crippen LogP contribution in [0.15, 0.2) is 24.3 Å². The van der Waals surface area contributed by atoms with Crippen LogP contribution in [0.4, 0.5) is 0 Å². The molecule has 15 heavy (non-hydrogen) atoms. The van der Waals surface area contributed by atoms with Gasteiger partial charge in [-0.3, -0.25) is 4.79 Å². The molecule has 1 aromatic rings. The van der Waals surface area contributed by atoms with Crippen LogP contribution in [0.5, 0.6) is 0 Å². The minimum atomic E-state index is 0.0428. The SMILES string of the molecule is O=C1CCCCC[C@H]1c1ccccc1Cl. The van der Waals surface area contributed by atoms with E-state index in [2.05, 4.69) is 0 Å². The molecule has 1 nitrogen and oxygen atoms in total. The molecule has 1 aliphatic carbocycles. The van der Waals surface area contributed by atoms with Gasteiger partial charge in [-0.15, -0.1) is 0 Å². The molecular weight excluding hydrogens is 208 g/mol. The topological polar surface area (TPSA) is 17.1 Å². The Bertz CT molecular complexity index is 359. The van der Waals surface area contributed by atoms with E-state index in [9.17, 15) is 4.79 Å². The molecule has 1 saturated carbocycles. The zero-order valence-corrected chi connectivity index (χ0v) is 9.46. The van der Waals surface area contributed by atoms with Gasteiger partial charge >= 0.3 is 0 Å². The molecular formula is C13H15ClO. The van der Waals surface area contributed by atoms with Gasteiger partial charge in [0.05, 0.1) is 0 Å². The Morgan fingerprint density at radius 3 is 2.73 bits per heavy atom. The number of benzene rings is 1. The number of hydrogen-bond acceptors (Lipinski definition) is 1. The Balaban J connectivity index is 2.28. The number of ketones is 1. The predicted octanol–water partition coefficient (Wildman–Crippen LogP) is 3.96. The Labute approximate surface area is 95.4 Å². The van der Waals surface area contributed by atoms with Crippen molar-refractivity contribution < 1.29 is 4.79 Å². The normalized spacial score (nSPS) is 22.5. The first-order valence-corrected chi connectivity index (χ1v) is 5.94. The van der Waals surface area contributed by atoms with Crippen LogP contribution in [0.1, 0.15) is 43.6 Å². The minimum absolute atomic E-state index is 0.0428. The third-order valence-electron chi connectivity index (χ3n) is 3.09. The Hall–Kier alpha value is -0.820. The lowest BCUT2D eigenvalue weighted by molar-refractivity contribution is -0.120. The summed E-state index contributed by atoms with van der Waals surface area (Å²) in [4.78, 5) is 11.9. The van der Waals surface area contributed by atoms with Gasteiger partial charge in [0.15, 0.2) is 0 Å². The lowest BCUT2D eigenvalue weighted by Crippen LogP contribution is -2.10. The Morgan fingerprint density at radius 2 is 1.93 bits per heavy atom. The highest BCUT2D eigenvalue weighted by molar-refractivity contribution is 6.31. The monoisotopic (exact) mass is 222 g/mol. The average Bonchev–Trinajstić information content (AvgIpc) is 2.44. The summed E-state index contributed by atoms with van der Waals surface area (Å²) in [5.41, 5.74) is 1.02. The molecule has 0 aromatic heterocycles. The maximum Gasteiger partial charge on any atom is 0.140 e. The number of halogens is 1. The molecule has 80 valence electrons. The molecule has 1 aliphatic rings. The van der Waals surface area contributed by atoms with E-state index in [4.69, 9.17) is 11.6 Å². The van der Waals surface area contributed by atoms with E-state index in [-0.39, 0.29) is 5.92 Å². The second-order valence-corrected chi connectivity index (χ2v) is 4.55. The number of rotatable bonds is 1. The largest absolute Gasteiger partial charge is 0.299 e. The molecule has 1 atom stereocenters. The van der Waals surface area contributed by atoms with Crippen LogP contribution in [-0.2, 0) is 4.79 Å². The van der Waals surface area contributed by atoms with Crippen molar-refractivity contribution in [2.75, 3.05) is 0 Å². The molecule has 0 amide bonds. The zero-order chi connectivity index (χ0) is 10.7. The van der Waals surface area contributed by atoms with E-state index in [0.717, 1.165) is 36.3 Å². The van der Waals surface area contributed by atoms with Crippen LogP contribution in [-0.4, -0.2) is 5.78 Å². The number of hydrogen-bond donors (Lipinski definition) is 0. The van der Waals surface area contributed by atoms with Crippen molar-refractivity contribution in [3.05, 3.63) is 34.9 Å². The molecule has 0 bridgehead atoms. The van der Waals surface area contributed by atoms with E-state index >= 15 is 0 Å². The molecule has 2 rings (SSSR count). The molecule has 0 saturated heterocycles. The third-order valence-corrected chi connectivity index (χ3v) is 3.43. The first-order chi connectivity index (χ1) is 7.29. The highest BCUT2D eigenvalue weighted by Gasteiger charge is 2.23. The van der Waals surface area contributed by atoms with Crippen LogP contribution in [0.2, 0.25) is 5.02 Å². The summed E-state index contributed by atoms with van der Waals surface area (Å²) in [5, 5.41) is 0.734. The zero-order valence-electron chi connectivity index (χ0n) is 8.71. The number of carbonyl (C=O) groups is 1. The second kappa shape index (κ2) is 4.80. The number of Topliss-reactive ketones (excluding diaryl/α,β-unsaturated/α-hetero) is 1. The molecule has 0 spiro atoms. The predicted molar refractivity (Wildman–Crippen MR) is 62.3 cm³/mol. The third kappa shape index (κ3) is 2.40. The van der Waals surface area contributed by atoms with E-state index in [1.165, 1.54) is 6.42 Å². The fourth-order valence-corrected chi connectivity index (χ4v) is 2.51. The van der Waals surface area contributed by atoms with Crippen LogP contribution in [0, 0.1) is 0 Å². The van der Waals surface area contributed by atoms with E-state index in [1.54, 1.807) is 0 Å². The van der Waals surface area contributed by atoms with Crippen molar-refractivity contribution in [2.24, 2.45) is 0 Å². The number of carbonyl (C=O) groups excluding carboxylic acids is 1. The van der Waals surface area contributed by atoms with Gasteiger partial charge in [-0.2, -0.15) is 0 Å². The standard InChI is InChI=1S/C13H15ClO/c14-12-8-5-4-6-10(12)11-7-2-1-3-9-13(11)15/h4-6,8,11H,1-3,7,9H2/t11-/m0/s1. The Kier molecular flexibility index (Phi) is 3.42. The van der Waals surface area contributed by atoms with Gasteiger partial charge in [-0.25, -0.2) is 0 Å². The van der Waals surface area contributed by atoms with Crippen molar-refractivity contribution in [1.29, 1.82) is 0 Å². The van der Waals surface area contributed by atoms with E-state index < -0.39 is 0 Å². The lowest BCUT2D eigenvalue weighted by Gasteiger charge is -2.14. The van der Waals surface area contributed by atoms with Crippen molar-refractivity contribution in [3.63, 3.8) is 0 Å². The molecule has 0 radical (unpaired) electrons. The van der Waals surface area contributed by atoms with Crippen molar-refractivity contribution in [3.8, 4) is 0 Å². The second-order valence-electron chi connectivity index (χ2n) is 4.14. The smallest absolute Gasteiger partial charge is 0.140 e. The van der Waals surface area contributed by atoms with Crippen LogP contribution >= 0.6 is 11.6 Å². The summed E-state index contributed by atoms with van der Waals surface area (Å²) in [6.07, 6.45) is 5.03.